The summed E-state index contributed by atoms with van der Waals surface area (Å²) in [5, 5.41) is 0. The normalized spacial score (nSPS) is 19.8. The van der Waals surface area contributed by atoms with E-state index in [-0.39, 0.29) is 5.97 Å². The van der Waals surface area contributed by atoms with Crippen LogP contribution in [0.25, 0.3) is 0 Å². The fraction of sp³-hybridized carbons (Fsp3) is 0.167. The highest BCUT2D eigenvalue weighted by molar-refractivity contribution is 5.94. The van der Waals surface area contributed by atoms with Gasteiger partial charge in [-0.3, -0.25) is 4.79 Å². The van der Waals surface area contributed by atoms with E-state index in [1.54, 1.807) is 25.3 Å². The predicted octanol–water partition coefficient (Wildman–Crippen LogP) is 3.48. The SMILES string of the molecule is C=CCC1(c2ccccc2)C(=O)Oc2ccc(OC)cc21. The number of esters is 1. The van der Waals surface area contributed by atoms with Gasteiger partial charge in [0.1, 0.15) is 16.9 Å². The van der Waals surface area contributed by atoms with Crippen molar-refractivity contribution in [3.05, 3.63) is 72.3 Å². The maximum absolute atomic E-state index is 12.6. The first kappa shape index (κ1) is 13.4. The van der Waals surface area contributed by atoms with Crippen molar-refractivity contribution >= 4 is 5.97 Å². The molecule has 0 fully saturated rings. The minimum absolute atomic E-state index is 0.267. The van der Waals surface area contributed by atoms with E-state index >= 15 is 0 Å². The fourth-order valence-electron chi connectivity index (χ4n) is 2.88. The molecule has 1 heterocycles. The maximum atomic E-state index is 12.6. The highest BCUT2D eigenvalue weighted by Crippen LogP contribution is 2.48. The lowest BCUT2D eigenvalue weighted by Crippen LogP contribution is -2.34. The van der Waals surface area contributed by atoms with Crippen molar-refractivity contribution in [1.29, 1.82) is 0 Å². The molecule has 1 atom stereocenters. The number of fused-ring (bicyclic) bond motifs is 1. The first-order valence-corrected chi connectivity index (χ1v) is 6.79. The Morgan fingerprint density at radius 1 is 1.24 bits per heavy atom. The number of rotatable bonds is 4. The van der Waals surface area contributed by atoms with Crippen molar-refractivity contribution in [2.45, 2.75) is 11.8 Å². The molecule has 3 rings (SSSR count). The standard InChI is InChI=1S/C18H16O3/c1-3-11-18(13-7-5-4-6-8-13)15-12-14(20-2)9-10-16(15)21-17(18)19/h3-10,12H,1,11H2,2H3. The molecular formula is C18H16O3. The van der Waals surface area contributed by atoms with Gasteiger partial charge in [0.2, 0.25) is 0 Å². The maximum Gasteiger partial charge on any atom is 0.326 e. The van der Waals surface area contributed by atoms with Crippen LogP contribution < -0.4 is 9.47 Å². The first-order valence-electron chi connectivity index (χ1n) is 6.79. The quantitative estimate of drug-likeness (QED) is 0.488. The Morgan fingerprint density at radius 3 is 2.67 bits per heavy atom. The van der Waals surface area contributed by atoms with E-state index < -0.39 is 5.41 Å². The molecule has 0 bridgehead atoms. The molecule has 0 saturated heterocycles. The van der Waals surface area contributed by atoms with Crippen molar-refractivity contribution in [3.63, 3.8) is 0 Å². The van der Waals surface area contributed by atoms with E-state index in [1.165, 1.54) is 0 Å². The molecular weight excluding hydrogens is 264 g/mol. The molecule has 1 unspecified atom stereocenters. The Morgan fingerprint density at radius 2 is 2.00 bits per heavy atom. The van der Waals surface area contributed by atoms with Gasteiger partial charge in [-0.25, -0.2) is 0 Å². The molecule has 0 saturated carbocycles. The van der Waals surface area contributed by atoms with Crippen LogP contribution in [0.3, 0.4) is 0 Å². The zero-order chi connectivity index (χ0) is 14.9. The number of hydrogen-bond acceptors (Lipinski definition) is 3. The van der Waals surface area contributed by atoms with E-state index in [1.807, 2.05) is 36.4 Å². The van der Waals surface area contributed by atoms with E-state index in [9.17, 15) is 4.79 Å². The predicted molar refractivity (Wildman–Crippen MR) is 80.7 cm³/mol. The lowest BCUT2D eigenvalue weighted by molar-refractivity contribution is -0.136. The van der Waals surface area contributed by atoms with Crippen molar-refractivity contribution in [2.24, 2.45) is 0 Å². The highest BCUT2D eigenvalue weighted by Gasteiger charge is 2.49. The molecule has 1 aliphatic rings. The first-order chi connectivity index (χ1) is 10.2. The second-order valence-electron chi connectivity index (χ2n) is 5.02. The van der Waals surface area contributed by atoms with Crippen LogP contribution in [0.4, 0.5) is 0 Å². The van der Waals surface area contributed by atoms with Gasteiger partial charge < -0.3 is 9.47 Å². The Balaban J connectivity index is 2.26. The lowest BCUT2D eigenvalue weighted by Gasteiger charge is -2.25. The fourth-order valence-corrected chi connectivity index (χ4v) is 2.88. The molecule has 3 heteroatoms. The van der Waals surface area contributed by atoms with Crippen LogP contribution in [0.2, 0.25) is 0 Å². The Kier molecular flexibility index (Phi) is 3.26. The average molecular weight is 280 g/mol. The summed E-state index contributed by atoms with van der Waals surface area (Å²) >= 11 is 0. The summed E-state index contributed by atoms with van der Waals surface area (Å²) in [6.45, 7) is 3.81. The van der Waals surface area contributed by atoms with Gasteiger partial charge >= 0.3 is 5.97 Å². The number of carbonyl (C=O) groups is 1. The summed E-state index contributed by atoms with van der Waals surface area (Å²) in [6.07, 6.45) is 2.23. The molecule has 0 spiro atoms. The molecule has 0 N–H and O–H groups in total. The van der Waals surface area contributed by atoms with Crippen LogP contribution in [-0.2, 0) is 10.2 Å². The second-order valence-corrected chi connectivity index (χ2v) is 5.02. The molecule has 2 aromatic carbocycles. The van der Waals surface area contributed by atoms with Crippen LogP contribution in [0.5, 0.6) is 11.5 Å². The third-order valence-corrected chi connectivity index (χ3v) is 3.91. The smallest absolute Gasteiger partial charge is 0.326 e. The van der Waals surface area contributed by atoms with Gasteiger partial charge in [-0.15, -0.1) is 6.58 Å². The number of hydrogen-bond donors (Lipinski definition) is 0. The number of allylic oxidation sites excluding steroid dienone is 1. The van der Waals surface area contributed by atoms with Crippen LogP contribution in [0.1, 0.15) is 17.5 Å². The van der Waals surface area contributed by atoms with Crippen molar-refractivity contribution in [2.75, 3.05) is 7.11 Å². The topological polar surface area (TPSA) is 35.5 Å². The van der Waals surface area contributed by atoms with Crippen molar-refractivity contribution < 1.29 is 14.3 Å². The van der Waals surface area contributed by atoms with E-state index in [0.29, 0.717) is 17.9 Å². The Bertz CT molecular complexity index is 691. The van der Waals surface area contributed by atoms with Gasteiger partial charge in [-0.05, 0) is 30.2 Å². The molecule has 0 amide bonds. The largest absolute Gasteiger partial charge is 0.497 e. The summed E-state index contributed by atoms with van der Waals surface area (Å²) in [5.74, 6) is 1.03. The Hall–Kier alpha value is -2.55. The molecule has 106 valence electrons. The molecule has 3 nitrogen and oxygen atoms in total. The summed E-state index contributed by atoms with van der Waals surface area (Å²) in [4.78, 5) is 12.6. The summed E-state index contributed by atoms with van der Waals surface area (Å²) < 4.78 is 10.8. The number of methoxy groups -OCH3 is 1. The molecule has 0 aliphatic carbocycles. The molecule has 0 aromatic heterocycles. The third kappa shape index (κ3) is 1.93. The lowest BCUT2D eigenvalue weighted by atomic mass is 9.73. The highest BCUT2D eigenvalue weighted by atomic mass is 16.5. The van der Waals surface area contributed by atoms with E-state index in [2.05, 4.69) is 6.58 Å². The van der Waals surface area contributed by atoms with Gasteiger partial charge in [0.05, 0.1) is 7.11 Å². The van der Waals surface area contributed by atoms with Crippen LogP contribution in [0, 0.1) is 0 Å². The van der Waals surface area contributed by atoms with Crippen molar-refractivity contribution in [3.8, 4) is 11.5 Å². The summed E-state index contributed by atoms with van der Waals surface area (Å²) in [6, 6.07) is 15.1. The average Bonchev–Trinajstić information content (AvgIpc) is 2.81. The van der Waals surface area contributed by atoms with Crippen LogP contribution in [-0.4, -0.2) is 13.1 Å². The number of ether oxygens (including phenoxy) is 2. The third-order valence-electron chi connectivity index (χ3n) is 3.91. The van der Waals surface area contributed by atoms with Crippen LogP contribution >= 0.6 is 0 Å². The summed E-state index contributed by atoms with van der Waals surface area (Å²) in [7, 11) is 1.61. The van der Waals surface area contributed by atoms with E-state index in [4.69, 9.17) is 9.47 Å². The summed E-state index contributed by atoms with van der Waals surface area (Å²) in [5.41, 5.74) is 0.896. The zero-order valence-corrected chi connectivity index (χ0v) is 11.8. The van der Waals surface area contributed by atoms with Gasteiger partial charge in [0, 0.05) is 5.56 Å². The van der Waals surface area contributed by atoms with Gasteiger partial charge in [-0.1, -0.05) is 36.4 Å². The van der Waals surface area contributed by atoms with Crippen molar-refractivity contribution in [1.82, 2.24) is 0 Å². The second kappa shape index (κ2) is 5.09. The van der Waals surface area contributed by atoms with Gasteiger partial charge in [0.15, 0.2) is 0 Å². The monoisotopic (exact) mass is 280 g/mol. The molecule has 0 radical (unpaired) electrons. The van der Waals surface area contributed by atoms with Crippen LogP contribution in [0.15, 0.2) is 61.2 Å². The number of benzene rings is 2. The molecule has 21 heavy (non-hydrogen) atoms. The minimum atomic E-state index is -0.840. The van der Waals surface area contributed by atoms with Gasteiger partial charge in [0.25, 0.3) is 0 Å². The minimum Gasteiger partial charge on any atom is -0.497 e. The Labute approximate surface area is 123 Å². The molecule has 2 aromatic rings. The zero-order valence-electron chi connectivity index (χ0n) is 11.8. The molecule has 1 aliphatic heterocycles. The van der Waals surface area contributed by atoms with Gasteiger partial charge in [-0.2, -0.15) is 0 Å². The number of carbonyl (C=O) groups excluding carboxylic acids is 1. The van der Waals surface area contributed by atoms with E-state index in [0.717, 1.165) is 11.1 Å².